The number of benzene rings is 1. The Morgan fingerprint density at radius 1 is 1.04 bits per heavy atom. The van der Waals surface area contributed by atoms with Crippen molar-refractivity contribution in [1.29, 1.82) is 0 Å². The van der Waals surface area contributed by atoms with E-state index >= 15 is 0 Å². The molecule has 0 unspecified atom stereocenters. The topological polar surface area (TPSA) is 84.5 Å². The molecule has 7 heteroatoms. The molecule has 0 bridgehead atoms. The normalized spacial score (nSPS) is 10.5. The van der Waals surface area contributed by atoms with Gasteiger partial charge in [-0.3, -0.25) is 9.59 Å². The molecule has 2 aromatic rings. The standard InChI is InChI=1S/C18H18N2O4S/c1-12-3-8-16(25-12)9-10-18(23)24-11-17(22)20-15-6-4-14(5-7-15)19-13(2)21/h3-10H,11H2,1-2H3,(H,19,21)(H,20,22)/b10-9+. The molecule has 1 aromatic carbocycles. The highest BCUT2D eigenvalue weighted by Gasteiger charge is 2.06. The molecule has 2 N–H and O–H groups in total. The first-order chi connectivity index (χ1) is 11.9. The molecule has 0 saturated heterocycles. The summed E-state index contributed by atoms with van der Waals surface area (Å²) in [5.41, 5.74) is 1.17. The number of esters is 1. The van der Waals surface area contributed by atoms with Gasteiger partial charge in [0.05, 0.1) is 0 Å². The summed E-state index contributed by atoms with van der Waals surface area (Å²) in [5.74, 6) is -1.20. The fourth-order valence-electron chi connectivity index (χ4n) is 1.92. The van der Waals surface area contributed by atoms with Gasteiger partial charge in [0, 0.05) is 34.1 Å². The Morgan fingerprint density at radius 2 is 1.68 bits per heavy atom. The van der Waals surface area contributed by atoms with Crippen LogP contribution in [-0.2, 0) is 19.1 Å². The van der Waals surface area contributed by atoms with Crippen LogP contribution < -0.4 is 10.6 Å². The highest BCUT2D eigenvalue weighted by Crippen LogP contribution is 2.16. The molecule has 0 spiro atoms. The van der Waals surface area contributed by atoms with Crippen LogP contribution in [0.5, 0.6) is 0 Å². The molecule has 0 aliphatic heterocycles. The van der Waals surface area contributed by atoms with Gasteiger partial charge in [0.25, 0.3) is 5.91 Å². The van der Waals surface area contributed by atoms with E-state index in [0.717, 1.165) is 9.75 Å². The molecule has 25 heavy (non-hydrogen) atoms. The van der Waals surface area contributed by atoms with E-state index < -0.39 is 11.9 Å². The average molecular weight is 358 g/mol. The molecule has 0 aliphatic rings. The maximum absolute atomic E-state index is 11.8. The van der Waals surface area contributed by atoms with Crippen LogP contribution in [0.15, 0.2) is 42.5 Å². The minimum atomic E-state index is -0.581. The summed E-state index contributed by atoms with van der Waals surface area (Å²) in [4.78, 5) is 36.4. The number of carbonyl (C=O) groups is 3. The molecule has 0 atom stereocenters. The molecule has 1 aromatic heterocycles. The molecule has 130 valence electrons. The van der Waals surface area contributed by atoms with Crippen LogP contribution in [-0.4, -0.2) is 24.4 Å². The van der Waals surface area contributed by atoms with Crippen LogP contribution in [0.2, 0.25) is 0 Å². The lowest BCUT2D eigenvalue weighted by atomic mass is 10.2. The summed E-state index contributed by atoms with van der Waals surface area (Å²) in [6.45, 7) is 3.02. The second kappa shape index (κ2) is 8.79. The van der Waals surface area contributed by atoms with Gasteiger partial charge < -0.3 is 15.4 Å². The summed E-state index contributed by atoms with van der Waals surface area (Å²) in [6, 6.07) is 10.5. The molecule has 0 radical (unpaired) electrons. The lowest BCUT2D eigenvalue weighted by Crippen LogP contribution is -2.20. The number of hydrogen-bond donors (Lipinski definition) is 2. The Bertz CT molecular complexity index is 794. The van der Waals surface area contributed by atoms with Crippen molar-refractivity contribution in [3.63, 3.8) is 0 Å². The fourth-order valence-corrected chi connectivity index (χ4v) is 2.70. The average Bonchev–Trinajstić information content (AvgIpc) is 2.98. The zero-order valence-electron chi connectivity index (χ0n) is 13.9. The first-order valence-electron chi connectivity index (χ1n) is 7.51. The summed E-state index contributed by atoms with van der Waals surface area (Å²) in [7, 11) is 0. The Balaban J connectivity index is 1.77. The Labute approximate surface area is 149 Å². The number of carbonyl (C=O) groups excluding carboxylic acids is 3. The van der Waals surface area contributed by atoms with Crippen LogP contribution in [0.3, 0.4) is 0 Å². The zero-order chi connectivity index (χ0) is 18.2. The molecule has 2 rings (SSSR count). The van der Waals surface area contributed by atoms with Crippen LogP contribution in [0, 0.1) is 6.92 Å². The number of thiophene rings is 1. The van der Waals surface area contributed by atoms with E-state index in [2.05, 4.69) is 10.6 Å². The van der Waals surface area contributed by atoms with Gasteiger partial charge in [-0.15, -0.1) is 11.3 Å². The van der Waals surface area contributed by atoms with Gasteiger partial charge >= 0.3 is 5.97 Å². The number of ether oxygens (including phenoxy) is 1. The highest BCUT2D eigenvalue weighted by molar-refractivity contribution is 7.12. The van der Waals surface area contributed by atoms with Crippen LogP contribution in [0.4, 0.5) is 11.4 Å². The third-order valence-corrected chi connectivity index (χ3v) is 3.95. The predicted molar refractivity (Wildman–Crippen MR) is 98.4 cm³/mol. The first-order valence-corrected chi connectivity index (χ1v) is 8.33. The Hall–Kier alpha value is -2.93. The molecule has 6 nitrogen and oxygen atoms in total. The van der Waals surface area contributed by atoms with Crippen molar-refractivity contribution < 1.29 is 19.1 Å². The SMILES string of the molecule is CC(=O)Nc1ccc(NC(=O)COC(=O)/C=C/c2ccc(C)s2)cc1. The van der Waals surface area contributed by atoms with Crippen molar-refractivity contribution in [2.45, 2.75) is 13.8 Å². The van der Waals surface area contributed by atoms with Gasteiger partial charge in [0.1, 0.15) is 0 Å². The van der Waals surface area contributed by atoms with Gasteiger partial charge in [-0.25, -0.2) is 4.79 Å². The number of nitrogens with one attached hydrogen (secondary N) is 2. The van der Waals surface area contributed by atoms with E-state index in [9.17, 15) is 14.4 Å². The molecule has 2 amide bonds. The van der Waals surface area contributed by atoms with Gasteiger partial charge in [-0.1, -0.05) is 0 Å². The van der Waals surface area contributed by atoms with Crippen LogP contribution in [0.25, 0.3) is 6.08 Å². The molecular weight excluding hydrogens is 340 g/mol. The minimum absolute atomic E-state index is 0.172. The van der Waals surface area contributed by atoms with E-state index in [-0.39, 0.29) is 12.5 Å². The van der Waals surface area contributed by atoms with Crippen LogP contribution >= 0.6 is 11.3 Å². The number of amides is 2. The van der Waals surface area contributed by atoms with Crippen molar-refractivity contribution >= 4 is 46.6 Å². The maximum Gasteiger partial charge on any atom is 0.331 e. The largest absolute Gasteiger partial charge is 0.452 e. The molecule has 0 aliphatic carbocycles. The van der Waals surface area contributed by atoms with Gasteiger partial charge in [0.15, 0.2) is 6.61 Å². The van der Waals surface area contributed by atoms with Gasteiger partial charge in [-0.05, 0) is 49.4 Å². The quantitative estimate of drug-likeness (QED) is 0.613. The number of aryl methyl sites for hydroxylation is 1. The van der Waals surface area contributed by atoms with E-state index in [1.165, 1.54) is 13.0 Å². The van der Waals surface area contributed by atoms with Crippen molar-refractivity contribution in [2.24, 2.45) is 0 Å². The molecule has 1 heterocycles. The highest BCUT2D eigenvalue weighted by atomic mass is 32.1. The lowest BCUT2D eigenvalue weighted by molar-refractivity contribution is -0.142. The van der Waals surface area contributed by atoms with Crippen molar-refractivity contribution in [3.05, 3.63) is 52.2 Å². The Kier molecular flexibility index (Phi) is 6.47. The van der Waals surface area contributed by atoms with Crippen LogP contribution in [0.1, 0.15) is 16.7 Å². The zero-order valence-corrected chi connectivity index (χ0v) is 14.7. The summed E-state index contributed by atoms with van der Waals surface area (Å²) < 4.78 is 4.89. The minimum Gasteiger partial charge on any atom is -0.452 e. The molecule has 0 fully saturated rings. The lowest BCUT2D eigenvalue weighted by Gasteiger charge is -2.07. The van der Waals surface area contributed by atoms with E-state index in [0.29, 0.717) is 11.4 Å². The predicted octanol–water partition coefficient (Wildman–Crippen LogP) is 3.21. The monoisotopic (exact) mass is 358 g/mol. The summed E-state index contributed by atoms with van der Waals surface area (Å²) in [6.07, 6.45) is 2.94. The fraction of sp³-hybridized carbons (Fsp3) is 0.167. The smallest absolute Gasteiger partial charge is 0.331 e. The van der Waals surface area contributed by atoms with Crippen molar-refractivity contribution in [1.82, 2.24) is 0 Å². The molecule has 0 saturated carbocycles. The number of hydrogen-bond acceptors (Lipinski definition) is 5. The van der Waals surface area contributed by atoms with E-state index in [1.807, 2.05) is 19.1 Å². The third-order valence-electron chi connectivity index (χ3n) is 2.98. The second-order valence-electron chi connectivity index (χ2n) is 5.20. The number of rotatable bonds is 6. The van der Waals surface area contributed by atoms with Gasteiger partial charge in [0.2, 0.25) is 5.91 Å². The van der Waals surface area contributed by atoms with E-state index in [1.54, 1.807) is 41.7 Å². The number of anilines is 2. The summed E-state index contributed by atoms with van der Waals surface area (Å²) >= 11 is 1.56. The summed E-state index contributed by atoms with van der Waals surface area (Å²) in [5, 5.41) is 5.23. The third kappa shape index (κ3) is 6.60. The first kappa shape index (κ1) is 18.4. The van der Waals surface area contributed by atoms with Crippen molar-refractivity contribution in [2.75, 3.05) is 17.2 Å². The van der Waals surface area contributed by atoms with Crippen molar-refractivity contribution in [3.8, 4) is 0 Å². The van der Waals surface area contributed by atoms with Gasteiger partial charge in [-0.2, -0.15) is 0 Å². The maximum atomic E-state index is 11.8. The Morgan fingerprint density at radius 3 is 2.24 bits per heavy atom. The second-order valence-corrected chi connectivity index (χ2v) is 6.52. The molecular formula is C18H18N2O4S. The van der Waals surface area contributed by atoms with E-state index in [4.69, 9.17) is 4.74 Å².